The van der Waals surface area contributed by atoms with Crippen LogP contribution in [0.3, 0.4) is 0 Å². The van der Waals surface area contributed by atoms with Crippen molar-refractivity contribution in [2.45, 2.75) is 33.6 Å². The van der Waals surface area contributed by atoms with Crippen LogP contribution >= 0.6 is 0 Å². The molecule has 1 aromatic carbocycles. The van der Waals surface area contributed by atoms with Gasteiger partial charge in [0.25, 0.3) is 0 Å². The maximum Gasteiger partial charge on any atom is 0.307 e. The normalized spacial score (nSPS) is 13.3. The molecule has 0 aliphatic carbocycles. The van der Waals surface area contributed by atoms with Gasteiger partial charge in [-0.25, -0.2) is 0 Å². The van der Waals surface area contributed by atoms with E-state index in [9.17, 15) is 14.7 Å². The number of carbonyl (C=O) groups is 1. The lowest BCUT2D eigenvalue weighted by molar-refractivity contribution is -0.136. The lowest BCUT2D eigenvalue weighted by Crippen LogP contribution is -2.08. The molecule has 0 spiro atoms. The number of fused-ring (bicyclic) bond motifs is 1. The first-order chi connectivity index (χ1) is 10.8. The number of aromatic hydroxyl groups is 1. The first kappa shape index (κ1) is 16.8. The second kappa shape index (κ2) is 6.69. The third-order valence-electron chi connectivity index (χ3n) is 3.81. The Morgan fingerprint density at radius 1 is 1.35 bits per heavy atom. The summed E-state index contributed by atoms with van der Waals surface area (Å²) in [7, 11) is 0. The minimum Gasteiger partial charge on any atom is -0.508 e. The molecule has 0 aliphatic heterocycles. The molecule has 0 unspecified atom stereocenters. The van der Waals surface area contributed by atoms with E-state index in [1.54, 1.807) is 0 Å². The van der Waals surface area contributed by atoms with Crippen molar-refractivity contribution in [2.75, 3.05) is 0 Å². The quantitative estimate of drug-likeness (QED) is 0.880. The zero-order valence-electron chi connectivity index (χ0n) is 13.4. The highest BCUT2D eigenvalue weighted by Gasteiger charge is 2.14. The molecule has 0 radical (unpaired) electrons. The van der Waals surface area contributed by atoms with Crippen LogP contribution in [0.25, 0.3) is 16.5 Å². The summed E-state index contributed by atoms with van der Waals surface area (Å²) < 4.78 is 5.73. The van der Waals surface area contributed by atoms with Gasteiger partial charge >= 0.3 is 5.97 Å². The lowest BCUT2D eigenvalue weighted by atomic mass is 10.0. The third kappa shape index (κ3) is 3.80. The fourth-order valence-electron chi connectivity index (χ4n) is 2.48. The van der Waals surface area contributed by atoms with Crippen molar-refractivity contribution >= 4 is 22.5 Å². The van der Waals surface area contributed by atoms with Crippen molar-refractivity contribution in [3.63, 3.8) is 0 Å². The van der Waals surface area contributed by atoms with Crippen LogP contribution in [0, 0.1) is 5.92 Å². The molecular weight excluding hydrogens is 296 g/mol. The molecule has 0 bridgehead atoms. The Hall–Kier alpha value is -2.56. The van der Waals surface area contributed by atoms with Crippen molar-refractivity contribution in [2.24, 2.45) is 5.92 Å². The van der Waals surface area contributed by atoms with E-state index in [1.165, 1.54) is 18.2 Å². The molecule has 1 atom stereocenters. The predicted molar refractivity (Wildman–Crippen MR) is 88.6 cm³/mol. The monoisotopic (exact) mass is 316 g/mol. The molecule has 122 valence electrons. The van der Waals surface area contributed by atoms with Gasteiger partial charge in [-0.15, -0.1) is 0 Å². The predicted octanol–water partition coefficient (Wildman–Crippen LogP) is 3.58. The van der Waals surface area contributed by atoms with Gasteiger partial charge in [0.05, 0.1) is 11.8 Å². The number of allylic oxidation sites excluding steroid dienone is 2. The summed E-state index contributed by atoms with van der Waals surface area (Å²) in [6.45, 7) is 6.00. The van der Waals surface area contributed by atoms with E-state index in [0.717, 1.165) is 12.0 Å². The summed E-state index contributed by atoms with van der Waals surface area (Å²) in [5.41, 5.74) is 0.966. The van der Waals surface area contributed by atoms with Crippen LogP contribution in [0.5, 0.6) is 5.75 Å². The number of phenols is 1. The van der Waals surface area contributed by atoms with Gasteiger partial charge in [-0.2, -0.15) is 0 Å². The maximum atomic E-state index is 12.4. The molecule has 5 nitrogen and oxygen atoms in total. The van der Waals surface area contributed by atoms with Gasteiger partial charge < -0.3 is 14.6 Å². The van der Waals surface area contributed by atoms with E-state index >= 15 is 0 Å². The molecule has 5 heteroatoms. The second-order valence-electron chi connectivity index (χ2n) is 5.76. The summed E-state index contributed by atoms with van der Waals surface area (Å²) >= 11 is 0. The average Bonchev–Trinajstić information content (AvgIpc) is 2.45. The van der Waals surface area contributed by atoms with Crippen molar-refractivity contribution in [1.82, 2.24) is 0 Å². The molecule has 2 N–H and O–H groups in total. The number of aliphatic carboxylic acids is 1. The number of benzene rings is 1. The van der Waals surface area contributed by atoms with Gasteiger partial charge in [0, 0.05) is 12.1 Å². The molecule has 0 amide bonds. The highest BCUT2D eigenvalue weighted by molar-refractivity contribution is 5.86. The maximum absolute atomic E-state index is 12.4. The second-order valence-corrected chi connectivity index (χ2v) is 5.76. The fraction of sp³-hybridized carbons (Fsp3) is 0.333. The van der Waals surface area contributed by atoms with E-state index in [0.29, 0.717) is 11.7 Å². The van der Waals surface area contributed by atoms with Crippen LogP contribution < -0.4 is 5.43 Å². The van der Waals surface area contributed by atoms with E-state index in [-0.39, 0.29) is 34.1 Å². The van der Waals surface area contributed by atoms with E-state index < -0.39 is 5.97 Å². The van der Waals surface area contributed by atoms with Crippen LogP contribution in [-0.2, 0) is 11.2 Å². The molecule has 2 rings (SSSR count). The number of carboxylic acid groups (broad SMARTS) is 1. The highest BCUT2D eigenvalue weighted by atomic mass is 16.4. The Morgan fingerprint density at radius 2 is 2.04 bits per heavy atom. The average molecular weight is 316 g/mol. The topological polar surface area (TPSA) is 87.7 Å². The summed E-state index contributed by atoms with van der Waals surface area (Å²) in [6.07, 6.45) is 2.64. The number of carboxylic acids is 1. The number of phenolic OH excluding ortho intramolecular Hbond substituents is 1. The summed E-state index contributed by atoms with van der Waals surface area (Å²) in [6, 6.07) is 4.00. The lowest BCUT2D eigenvalue weighted by Gasteiger charge is -2.09. The molecule has 0 saturated carbocycles. The zero-order valence-corrected chi connectivity index (χ0v) is 13.4. The van der Waals surface area contributed by atoms with Gasteiger partial charge in [0.2, 0.25) is 0 Å². The first-order valence-electron chi connectivity index (χ1n) is 7.52. The van der Waals surface area contributed by atoms with Crippen molar-refractivity contribution in [3.8, 4) is 5.75 Å². The number of rotatable bonds is 5. The van der Waals surface area contributed by atoms with E-state index in [1.807, 2.05) is 13.0 Å². The minimum absolute atomic E-state index is 0.127. The van der Waals surface area contributed by atoms with Gasteiger partial charge in [-0.05, 0) is 30.0 Å². The van der Waals surface area contributed by atoms with Crippen molar-refractivity contribution < 1.29 is 19.4 Å². The summed E-state index contributed by atoms with van der Waals surface area (Å²) in [5.74, 6) is -0.428. The number of hydrogen-bond acceptors (Lipinski definition) is 4. The Kier molecular flexibility index (Phi) is 4.89. The van der Waals surface area contributed by atoms with Crippen LogP contribution in [0.2, 0.25) is 0 Å². The summed E-state index contributed by atoms with van der Waals surface area (Å²) in [5, 5.41) is 18.9. The first-order valence-corrected chi connectivity index (χ1v) is 7.52. The largest absolute Gasteiger partial charge is 0.508 e. The Bertz CT molecular complexity index is 829. The van der Waals surface area contributed by atoms with E-state index in [2.05, 4.69) is 13.8 Å². The fourth-order valence-corrected chi connectivity index (χ4v) is 2.48. The molecule has 0 saturated heterocycles. The van der Waals surface area contributed by atoms with Crippen LogP contribution in [-0.4, -0.2) is 16.2 Å². The Labute approximate surface area is 133 Å². The Balaban J connectivity index is 2.65. The SMILES string of the molecule is CC[C@H](C)/C=C(\C)c1cc(=O)c2c(CC(=O)O)cc(O)cc2o1. The van der Waals surface area contributed by atoms with Gasteiger partial charge in [-0.1, -0.05) is 26.3 Å². The molecular formula is C18H20O5. The Morgan fingerprint density at radius 3 is 2.65 bits per heavy atom. The van der Waals surface area contributed by atoms with Gasteiger partial charge in [-0.3, -0.25) is 9.59 Å². The zero-order chi connectivity index (χ0) is 17.1. The molecule has 2 aromatic rings. The van der Waals surface area contributed by atoms with E-state index in [4.69, 9.17) is 9.52 Å². The van der Waals surface area contributed by atoms with Crippen molar-refractivity contribution in [1.29, 1.82) is 0 Å². The molecule has 0 fully saturated rings. The minimum atomic E-state index is -1.08. The third-order valence-corrected chi connectivity index (χ3v) is 3.81. The van der Waals surface area contributed by atoms with Gasteiger partial charge in [0.15, 0.2) is 5.43 Å². The van der Waals surface area contributed by atoms with Gasteiger partial charge in [0.1, 0.15) is 17.1 Å². The van der Waals surface area contributed by atoms with Crippen LogP contribution in [0.15, 0.2) is 33.5 Å². The molecule has 1 heterocycles. The standard InChI is InChI=1S/C18H20O5/c1-4-10(2)5-11(3)15-9-14(20)18-12(7-17(21)22)6-13(19)8-16(18)23-15/h5-6,8-10,19H,4,7H2,1-3H3,(H,21,22)/b11-5+/t10-/m0/s1. The number of hydrogen-bond donors (Lipinski definition) is 2. The summed E-state index contributed by atoms with van der Waals surface area (Å²) in [4.78, 5) is 23.4. The molecule has 23 heavy (non-hydrogen) atoms. The molecule has 1 aromatic heterocycles. The van der Waals surface area contributed by atoms with Crippen LogP contribution in [0.4, 0.5) is 0 Å². The highest BCUT2D eigenvalue weighted by Crippen LogP contribution is 2.26. The molecule has 0 aliphatic rings. The van der Waals surface area contributed by atoms with Crippen LogP contribution in [0.1, 0.15) is 38.5 Å². The smallest absolute Gasteiger partial charge is 0.307 e. The van der Waals surface area contributed by atoms with Crippen molar-refractivity contribution in [3.05, 3.63) is 45.8 Å².